The Hall–Kier alpha value is -2.19. The summed E-state index contributed by atoms with van der Waals surface area (Å²) in [6, 6.07) is 9.36. The molecule has 0 fully saturated rings. The molecule has 0 amide bonds. The topological polar surface area (TPSA) is 65.8 Å². The minimum atomic E-state index is 0.0488. The zero-order chi connectivity index (χ0) is 13.8. The van der Waals surface area contributed by atoms with Gasteiger partial charge < -0.3 is 5.32 Å². The molecule has 0 atom stereocenters. The standard InChI is InChI=1S/C14H13N3OS/c1-9-14(10(2)18)19-13(17-9)8-16-12-5-3-4-11(6-12)7-15/h3-6,16H,8H2,1-2H3. The molecule has 0 unspecified atom stereocenters. The highest BCUT2D eigenvalue weighted by Crippen LogP contribution is 2.20. The van der Waals surface area contributed by atoms with Gasteiger partial charge in [0.2, 0.25) is 0 Å². The molecule has 4 nitrogen and oxygen atoms in total. The summed E-state index contributed by atoms with van der Waals surface area (Å²) >= 11 is 1.41. The lowest BCUT2D eigenvalue weighted by Gasteiger charge is -2.03. The van der Waals surface area contributed by atoms with Crippen molar-refractivity contribution in [2.75, 3.05) is 5.32 Å². The number of anilines is 1. The summed E-state index contributed by atoms with van der Waals surface area (Å²) in [6.45, 7) is 3.94. The van der Waals surface area contributed by atoms with Crippen LogP contribution in [0.3, 0.4) is 0 Å². The first-order chi connectivity index (χ1) is 9.10. The molecule has 0 aliphatic heterocycles. The van der Waals surface area contributed by atoms with E-state index in [-0.39, 0.29) is 5.78 Å². The zero-order valence-corrected chi connectivity index (χ0v) is 11.5. The number of nitrogens with zero attached hydrogens (tertiary/aromatic N) is 2. The number of hydrogen-bond donors (Lipinski definition) is 1. The Bertz CT molecular complexity index is 655. The number of ketones is 1. The van der Waals surface area contributed by atoms with E-state index >= 15 is 0 Å². The van der Waals surface area contributed by atoms with Gasteiger partial charge in [0.25, 0.3) is 0 Å². The minimum Gasteiger partial charge on any atom is -0.378 e. The van der Waals surface area contributed by atoms with Gasteiger partial charge in [-0.25, -0.2) is 4.98 Å². The molecule has 5 heteroatoms. The Labute approximate surface area is 115 Å². The minimum absolute atomic E-state index is 0.0488. The third-order valence-electron chi connectivity index (χ3n) is 2.60. The summed E-state index contributed by atoms with van der Waals surface area (Å²) in [5.41, 5.74) is 2.26. The lowest BCUT2D eigenvalue weighted by atomic mass is 10.2. The first-order valence-electron chi connectivity index (χ1n) is 5.81. The predicted molar refractivity (Wildman–Crippen MR) is 75.3 cm³/mol. The Kier molecular flexibility index (Phi) is 3.93. The van der Waals surface area contributed by atoms with E-state index in [1.807, 2.05) is 19.1 Å². The van der Waals surface area contributed by atoms with Gasteiger partial charge in [-0.3, -0.25) is 4.79 Å². The lowest BCUT2D eigenvalue weighted by molar-refractivity contribution is 0.102. The van der Waals surface area contributed by atoms with E-state index in [1.165, 1.54) is 11.3 Å². The van der Waals surface area contributed by atoms with Crippen LogP contribution in [0.4, 0.5) is 5.69 Å². The van der Waals surface area contributed by atoms with Crippen LogP contribution in [-0.2, 0) is 6.54 Å². The van der Waals surface area contributed by atoms with Crippen LogP contribution in [0.15, 0.2) is 24.3 Å². The third-order valence-corrected chi connectivity index (χ3v) is 3.85. The second kappa shape index (κ2) is 5.63. The van der Waals surface area contributed by atoms with E-state index in [9.17, 15) is 4.79 Å². The molecular formula is C14H13N3OS. The smallest absolute Gasteiger partial charge is 0.171 e. The van der Waals surface area contributed by atoms with E-state index < -0.39 is 0 Å². The number of Topliss-reactive ketones (excluding diaryl/α,β-unsaturated/α-hetero) is 1. The van der Waals surface area contributed by atoms with Crippen molar-refractivity contribution in [3.05, 3.63) is 45.4 Å². The van der Waals surface area contributed by atoms with Crippen molar-refractivity contribution in [3.8, 4) is 6.07 Å². The van der Waals surface area contributed by atoms with Crippen molar-refractivity contribution in [2.24, 2.45) is 0 Å². The molecule has 1 aromatic heterocycles. The molecule has 1 heterocycles. The number of rotatable bonds is 4. The maximum Gasteiger partial charge on any atom is 0.171 e. The predicted octanol–water partition coefficient (Wildman–Crippen LogP) is 3.14. The number of carbonyl (C=O) groups is 1. The molecule has 19 heavy (non-hydrogen) atoms. The van der Waals surface area contributed by atoms with Crippen molar-refractivity contribution < 1.29 is 4.79 Å². The summed E-state index contributed by atoms with van der Waals surface area (Å²) in [7, 11) is 0. The Morgan fingerprint density at radius 1 is 1.53 bits per heavy atom. The number of hydrogen-bond acceptors (Lipinski definition) is 5. The van der Waals surface area contributed by atoms with Gasteiger partial charge in [0.1, 0.15) is 5.01 Å². The molecule has 2 rings (SSSR count). The number of aromatic nitrogens is 1. The van der Waals surface area contributed by atoms with Crippen LogP contribution in [0.5, 0.6) is 0 Å². The van der Waals surface area contributed by atoms with Crippen LogP contribution < -0.4 is 5.32 Å². The number of thiazole rings is 1. The SMILES string of the molecule is CC(=O)c1sc(CNc2cccc(C#N)c2)nc1C. The molecule has 0 bridgehead atoms. The monoisotopic (exact) mass is 271 g/mol. The highest BCUT2D eigenvalue weighted by molar-refractivity contribution is 7.13. The number of nitrogens with one attached hydrogen (secondary N) is 1. The van der Waals surface area contributed by atoms with E-state index in [4.69, 9.17) is 5.26 Å². The van der Waals surface area contributed by atoms with Gasteiger partial charge in [-0.05, 0) is 25.1 Å². The fraction of sp³-hybridized carbons (Fsp3) is 0.214. The van der Waals surface area contributed by atoms with Crippen LogP contribution in [0.2, 0.25) is 0 Å². The average Bonchev–Trinajstić information content (AvgIpc) is 2.78. The molecule has 1 N–H and O–H groups in total. The summed E-state index contributed by atoms with van der Waals surface area (Å²) in [5.74, 6) is 0.0488. The Morgan fingerprint density at radius 3 is 2.95 bits per heavy atom. The van der Waals surface area contributed by atoms with Gasteiger partial charge >= 0.3 is 0 Å². The number of carbonyl (C=O) groups excluding carboxylic acids is 1. The van der Waals surface area contributed by atoms with Gasteiger partial charge in [-0.15, -0.1) is 11.3 Å². The van der Waals surface area contributed by atoms with Gasteiger partial charge in [-0.1, -0.05) is 6.07 Å². The third kappa shape index (κ3) is 3.18. The average molecular weight is 271 g/mol. The largest absolute Gasteiger partial charge is 0.378 e. The first kappa shape index (κ1) is 13.2. The van der Waals surface area contributed by atoms with E-state index in [0.717, 1.165) is 16.4 Å². The van der Waals surface area contributed by atoms with Crippen LogP contribution >= 0.6 is 11.3 Å². The molecule has 0 saturated carbocycles. The van der Waals surface area contributed by atoms with Crippen LogP contribution in [0.1, 0.15) is 32.9 Å². The van der Waals surface area contributed by atoms with Crippen LogP contribution in [0.25, 0.3) is 0 Å². The van der Waals surface area contributed by atoms with E-state index in [2.05, 4.69) is 16.4 Å². The van der Waals surface area contributed by atoms with E-state index in [0.29, 0.717) is 17.0 Å². The highest BCUT2D eigenvalue weighted by atomic mass is 32.1. The fourth-order valence-corrected chi connectivity index (χ4v) is 2.63. The molecule has 0 saturated heterocycles. The molecule has 2 aromatic rings. The summed E-state index contributed by atoms with van der Waals surface area (Å²) in [6.07, 6.45) is 0. The normalized spacial score (nSPS) is 9.95. The summed E-state index contributed by atoms with van der Waals surface area (Å²) in [5, 5.41) is 12.9. The van der Waals surface area contributed by atoms with Gasteiger partial charge in [0.05, 0.1) is 28.7 Å². The lowest BCUT2D eigenvalue weighted by Crippen LogP contribution is -1.98. The van der Waals surface area contributed by atoms with Gasteiger partial charge in [-0.2, -0.15) is 5.26 Å². The van der Waals surface area contributed by atoms with Crippen molar-refractivity contribution in [3.63, 3.8) is 0 Å². The summed E-state index contributed by atoms with van der Waals surface area (Å²) < 4.78 is 0. The molecule has 0 aliphatic carbocycles. The molecule has 0 radical (unpaired) electrons. The number of aryl methyl sites for hydroxylation is 1. The second-order valence-corrected chi connectivity index (χ2v) is 5.21. The first-order valence-corrected chi connectivity index (χ1v) is 6.63. The van der Waals surface area contributed by atoms with Gasteiger partial charge in [0, 0.05) is 12.6 Å². The molecule has 96 valence electrons. The maximum absolute atomic E-state index is 11.4. The number of nitriles is 1. The van der Waals surface area contributed by atoms with Crippen LogP contribution in [-0.4, -0.2) is 10.8 Å². The summed E-state index contributed by atoms with van der Waals surface area (Å²) in [4.78, 5) is 16.4. The van der Waals surface area contributed by atoms with Crippen molar-refractivity contribution in [1.82, 2.24) is 4.98 Å². The molecular weight excluding hydrogens is 258 g/mol. The maximum atomic E-state index is 11.4. The van der Waals surface area contributed by atoms with Gasteiger partial charge in [0.15, 0.2) is 5.78 Å². The van der Waals surface area contributed by atoms with Crippen molar-refractivity contribution in [2.45, 2.75) is 20.4 Å². The molecule has 0 aliphatic rings. The highest BCUT2D eigenvalue weighted by Gasteiger charge is 2.10. The zero-order valence-electron chi connectivity index (χ0n) is 10.7. The Morgan fingerprint density at radius 2 is 2.32 bits per heavy atom. The van der Waals surface area contributed by atoms with E-state index in [1.54, 1.807) is 19.1 Å². The van der Waals surface area contributed by atoms with Crippen molar-refractivity contribution in [1.29, 1.82) is 5.26 Å². The Balaban J connectivity index is 2.08. The van der Waals surface area contributed by atoms with Crippen molar-refractivity contribution >= 4 is 22.8 Å². The fourth-order valence-electron chi connectivity index (χ4n) is 1.73. The second-order valence-electron chi connectivity index (χ2n) is 4.12. The molecule has 0 spiro atoms. The number of benzene rings is 1. The van der Waals surface area contributed by atoms with Crippen LogP contribution in [0, 0.1) is 18.3 Å². The quantitative estimate of drug-likeness (QED) is 0.867. The molecule has 1 aromatic carbocycles.